The normalized spacial score (nSPS) is 24.3. The van der Waals surface area contributed by atoms with Crippen LogP contribution < -0.4 is 5.32 Å². The third-order valence-electron chi connectivity index (χ3n) is 7.28. The van der Waals surface area contributed by atoms with Crippen LogP contribution >= 0.6 is 0 Å². The van der Waals surface area contributed by atoms with Gasteiger partial charge in [0, 0.05) is 30.9 Å². The van der Waals surface area contributed by atoms with E-state index in [0.717, 1.165) is 48.4 Å². The highest BCUT2D eigenvalue weighted by atomic mass is 19.2. The minimum absolute atomic E-state index is 0.0491. The van der Waals surface area contributed by atoms with Crippen LogP contribution in [0.15, 0.2) is 47.8 Å². The topological polar surface area (TPSA) is 61.4 Å². The summed E-state index contributed by atoms with van der Waals surface area (Å²) in [6, 6.07) is 6.87. The number of nitrogens with one attached hydrogen (secondary N) is 1. The monoisotopic (exact) mass is 479 g/mol. The van der Waals surface area contributed by atoms with Gasteiger partial charge in [-0.05, 0) is 74.1 Å². The molecule has 1 aromatic heterocycles. The predicted octanol–water partition coefficient (Wildman–Crippen LogP) is 4.57. The molecule has 6 rings (SSSR count). The van der Waals surface area contributed by atoms with Gasteiger partial charge in [-0.15, -0.1) is 0 Å². The van der Waals surface area contributed by atoms with Crippen LogP contribution in [0.2, 0.25) is 0 Å². The standard InChI is InChI=1S/C26H24F3N5O/c1-13-12-30-22-10-14(6-7-20(22)31-13)26(35)34-25-17(11-16-4-3-5-21(25)32-16)24(33(34)2)15-8-18(27)23(29)19(28)9-15/h6-10,12,16,21,24,32H,3-5,11H2,1-2H3/t16-,21+,24?/m1/s1. The molecule has 6 nitrogen and oxygen atoms in total. The number of carbonyl (C=O) groups is 1. The predicted molar refractivity (Wildman–Crippen MR) is 123 cm³/mol. The lowest BCUT2D eigenvalue weighted by molar-refractivity contribution is 0.0209. The molecule has 4 heterocycles. The van der Waals surface area contributed by atoms with Crippen LogP contribution in [0.5, 0.6) is 0 Å². The summed E-state index contributed by atoms with van der Waals surface area (Å²) < 4.78 is 42.2. The van der Waals surface area contributed by atoms with Crippen molar-refractivity contribution in [2.75, 3.05) is 7.05 Å². The molecular formula is C26H24F3N5O. The van der Waals surface area contributed by atoms with Crippen molar-refractivity contribution >= 4 is 16.9 Å². The largest absolute Gasteiger partial charge is 0.306 e. The van der Waals surface area contributed by atoms with Gasteiger partial charge in [0.2, 0.25) is 0 Å². The first-order chi connectivity index (χ1) is 16.8. The van der Waals surface area contributed by atoms with Gasteiger partial charge in [0.15, 0.2) is 17.5 Å². The lowest BCUT2D eigenvalue weighted by Crippen LogP contribution is -2.51. The fraction of sp³-hybridized carbons (Fsp3) is 0.346. The Morgan fingerprint density at radius 2 is 1.86 bits per heavy atom. The molecule has 1 N–H and O–H groups in total. The molecule has 180 valence electrons. The summed E-state index contributed by atoms with van der Waals surface area (Å²) in [5, 5.41) is 6.94. The molecule has 1 amide bonds. The summed E-state index contributed by atoms with van der Waals surface area (Å²) >= 11 is 0. The van der Waals surface area contributed by atoms with Crippen LogP contribution in [-0.4, -0.2) is 45.0 Å². The van der Waals surface area contributed by atoms with E-state index in [-0.39, 0.29) is 23.6 Å². The number of rotatable bonds is 2. The number of hydrazine groups is 1. The first-order valence-electron chi connectivity index (χ1n) is 11.8. The molecule has 35 heavy (non-hydrogen) atoms. The maximum absolute atomic E-state index is 14.2. The van der Waals surface area contributed by atoms with Gasteiger partial charge >= 0.3 is 0 Å². The number of nitrogens with zero attached hydrogens (tertiary/aromatic N) is 4. The zero-order valence-electron chi connectivity index (χ0n) is 19.4. The Labute approximate surface area is 200 Å². The lowest BCUT2D eigenvalue weighted by Gasteiger charge is -2.39. The Balaban J connectivity index is 1.46. The second-order valence-electron chi connectivity index (χ2n) is 9.57. The van der Waals surface area contributed by atoms with Gasteiger partial charge in [0.05, 0.1) is 28.5 Å². The molecule has 3 aliphatic rings. The summed E-state index contributed by atoms with van der Waals surface area (Å²) in [6.45, 7) is 1.85. The molecule has 1 fully saturated rings. The van der Waals surface area contributed by atoms with Gasteiger partial charge in [0.25, 0.3) is 5.91 Å². The van der Waals surface area contributed by atoms with E-state index in [1.165, 1.54) is 0 Å². The van der Waals surface area contributed by atoms with Crippen LogP contribution in [0.1, 0.15) is 53.3 Å². The van der Waals surface area contributed by atoms with Crippen molar-refractivity contribution in [2.45, 2.75) is 50.7 Å². The van der Waals surface area contributed by atoms with Crippen molar-refractivity contribution in [1.82, 2.24) is 25.3 Å². The van der Waals surface area contributed by atoms with E-state index in [0.29, 0.717) is 23.0 Å². The molecule has 0 saturated carbocycles. The second-order valence-corrected chi connectivity index (χ2v) is 9.57. The highest BCUT2D eigenvalue weighted by molar-refractivity contribution is 5.98. The van der Waals surface area contributed by atoms with E-state index in [2.05, 4.69) is 15.3 Å². The lowest BCUT2D eigenvalue weighted by atomic mass is 9.81. The molecule has 9 heteroatoms. The number of aromatic nitrogens is 2. The number of hydrogen-bond acceptors (Lipinski definition) is 5. The molecule has 2 aromatic carbocycles. The van der Waals surface area contributed by atoms with Crippen molar-refractivity contribution in [3.8, 4) is 0 Å². The number of amides is 1. The summed E-state index contributed by atoms with van der Waals surface area (Å²) in [5.41, 5.74) is 4.56. The molecule has 3 aromatic rings. The fourth-order valence-electron chi connectivity index (χ4n) is 5.80. The van der Waals surface area contributed by atoms with Gasteiger partial charge in [-0.25, -0.2) is 28.2 Å². The van der Waals surface area contributed by atoms with E-state index in [1.807, 2.05) is 6.92 Å². The quantitative estimate of drug-likeness (QED) is 0.546. The fourth-order valence-corrected chi connectivity index (χ4v) is 5.80. The molecule has 3 atom stereocenters. The molecule has 3 aliphatic heterocycles. The highest BCUT2D eigenvalue weighted by Gasteiger charge is 2.48. The van der Waals surface area contributed by atoms with E-state index < -0.39 is 23.5 Å². The van der Waals surface area contributed by atoms with Gasteiger partial charge in [-0.3, -0.25) is 9.78 Å². The van der Waals surface area contributed by atoms with Gasteiger partial charge in [-0.2, -0.15) is 0 Å². The summed E-state index contributed by atoms with van der Waals surface area (Å²) in [5.74, 6) is -4.23. The summed E-state index contributed by atoms with van der Waals surface area (Å²) in [7, 11) is 1.73. The molecule has 0 radical (unpaired) electrons. The van der Waals surface area contributed by atoms with Crippen molar-refractivity contribution in [1.29, 1.82) is 0 Å². The van der Waals surface area contributed by atoms with Crippen LogP contribution in [-0.2, 0) is 0 Å². The number of halogens is 3. The first-order valence-corrected chi connectivity index (χ1v) is 11.8. The zero-order chi connectivity index (χ0) is 24.4. The van der Waals surface area contributed by atoms with Gasteiger partial charge < -0.3 is 5.32 Å². The number of aryl methyl sites for hydroxylation is 1. The highest BCUT2D eigenvalue weighted by Crippen LogP contribution is 2.47. The SMILES string of the molecule is Cc1cnc2cc(C(=O)N3C4=C(C[C@H]5CCC[C@@H]4N5)C(c4cc(F)c(F)c(F)c4)N3C)ccc2n1. The van der Waals surface area contributed by atoms with E-state index in [9.17, 15) is 18.0 Å². The average molecular weight is 480 g/mol. The maximum Gasteiger partial charge on any atom is 0.272 e. The molecule has 1 saturated heterocycles. The molecule has 1 unspecified atom stereocenters. The molecule has 0 spiro atoms. The van der Waals surface area contributed by atoms with Gasteiger partial charge in [0.1, 0.15) is 0 Å². The second kappa shape index (κ2) is 8.13. The first kappa shape index (κ1) is 22.2. The van der Waals surface area contributed by atoms with E-state index in [1.54, 1.807) is 41.5 Å². The minimum atomic E-state index is -1.49. The Hall–Kier alpha value is -3.30. The van der Waals surface area contributed by atoms with Crippen LogP contribution in [0.25, 0.3) is 11.0 Å². The number of benzene rings is 2. The van der Waals surface area contributed by atoms with Crippen molar-refractivity contribution in [2.24, 2.45) is 0 Å². The molecular weight excluding hydrogens is 455 g/mol. The third-order valence-corrected chi connectivity index (χ3v) is 7.28. The summed E-state index contributed by atoms with van der Waals surface area (Å²) in [4.78, 5) is 22.8. The number of fused-ring (bicyclic) bond motifs is 4. The van der Waals surface area contributed by atoms with Crippen molar-refractivity contribution in [3.05, 3.63) is 82.1 Å². The average Bonchev–Trinajstić information content (AvgIpc) is 3.13. The summed E-state index contributed by atoms with van der Waals surface area (Å²) in [6.07, 6.45) is 5.18. The maximum atomic E-state index is 14.2. The Kier molecular flexibility index (Phi) is 5.16. The Morgan fingerprint density at radius 1 is 1.09 bits per heavy atom. The number of piperidine rings is 1. The van der Waals surface area contributed by atoms with Crippen LogP contribution in [0.4, 0.5) is 13.2 Å². The number of likely N-dealkylation sites (N-methyl/N-ethyl adjacent to an activating group) is 1. The van der Waals surface area contributed by atoms with Crippen molar-refractivity contribution < 1.29 is 18.0 Å². The molecule has 0 aliphatic carbocycles. The zero-order valence-corrected chi connectivity index (χ0v) is 19.4. The van der Waals surface area contributed by atoms with Gasteiger partial charge in [-0.1, -0.05) is 0 Å². The smallest absolute Gasteiger partial charge is 0.272 e. The van der Waals surface area contributed by atoms with E-state index in [4.69, 9.17) is 0 Å². The third kappa shape index (κ3) is 3.52. The van der Waals surface area contributed by atoms with Crippen molar-refractivity contribution in [3.63, 3.8) is 0 Å². The molecule has 2 bridgehead atoms. The number of hydrogen-bond donors (Lipinski definition) is 1. The number of carbonyl (C=O) groups excluding carboxylic acids is 1. The Morgan fingerprint density at radius 3 is 2.63 bits per heavy atom. The van der Waals surface area contributed by atoms with E-state index >= 15 is 0 Å². The van der Waals surface area contributed by atoms with Crippen LogP contribution in [0.3, 0.4) is 0 Å². The minimum Gasteiger partial charge on any atom is -0.306 e. The van der Waals surface area contributed by atoms with Crippen LogP contribution in [0, 0.1) is 24.4 Å². The Bertz CT molecular complexity index is 1380.